The largest absolute Gasteiger partial charge is 0.382 e. The van der Waals surface area contributed by atoms with Crippen molar-refractivity contribution in [2.24, 2.45) is 7.05 Å². The van der Waals surface area contributed by atoms with Crippen LogP contribution in [0.15, 0.2) is 6.20 Å². The van der Waals surface area contributed by atoms with Gasteiger partial charge in [-0.1, -0.05) is 39.5 Å². The summed E-state index contributed by atoms with van der Waals surface area (Å²) in [5.74, 6) is 0. The first-order valence-electron chi connectivity index (χ1n) is 6.54. The molecule has 0 atom stereocenters. The lowest BCUT2D eigenvalue weighted by atomic mass is 10.1. The van der Waals surface area contributed by atoms with Gasteiger partial charge in [-0.25, -0.2) is 0 Å². The van der Waals surface area contributed by atoms with Gasteiger partial charge in [0, 0.05) is 19.8 Å². The molecule has 0 bridgehead atoms. The minimum atomic E-state index is 0.999. The highest BCUT2D eigenvalue weighted by molar-refractivity contribution is 5.46. The molecule has 0 unspecified atom stereocenters. The summed E-state index contributed by atoms with van der Waals surface area (Å²) in [4.78, 5) is 0. The predicted molar refractivity (Wildman–Crippen MR) is 69.8 cm³/mol. The zero-order valence-corrected chi connectivity index (χ0v) is 10.9. The number of nitrogens with zero attached hydrogens (tertiary/aromatic N) is 2. The summed E-state index contributed by atoms with van der Waals surface area (Å²) in [5.41, 5.74) is 2.39. The van der Waals surface area contributed by atoms with Crippen molar-refractivity contribution in [3.8, 4) is 0 Å². The Hall–Kier alpha value is -0.990. The first kappa shape index (κ1) is 13.1. The average Bonchev–Trinajstić information content (AvgIpc) is 2.64. The van der Waals surface area contributed by atoms with E-state index in [1.807, 2.05) is 11.7 Å². The normalized spacial score (nSPS) is 10.7. The van der Waals surface area contributed by atoms with Gasteiger partial charge in [0.2, 0.25) is 0 Å². The average molecular weight is 223 g/mol. The van der Waals surface area contributed by atoms with Crippen LogP contribution in [0.4, 0.5) is 5.69 Å². The maximum atomic E-state index is 4.41. The van der Waals surface area contributed by atoms with E-state index in [4.69, 9.17) is 0 Å². The fraction of sp³-hybridized carbons (Fsp3) is 0.769. The quantitative estimate of drug-likeness (QED) is 0.685. The summed E-state index contributed by atoms with van der Waals surface area (Å²) in [7, 11) is 1.98. The summed E-state index contributed by atoms with van der Waals surface area (Å²) in [6, 6.07) is 0. The van der Waals surface area contributed by atoms with Crippen LogP contribution in [0.2, 0.25) is 0 Å². The van der Waals surface area contributed by atoms with Crippen molar-refractivity contribution < 1.29 is 0 Å². The molecule has 0 aliphatic carbocycles. The van der Waals surface area contributed by atoms with Gasteiger partial charge >= 0.3 is 0 Å². The minimum Gasteiger partial charge on any atom is -0.382 e. The van der Waals surface area contributed by atoms with Crippen LogP contribution in [0.5, 0.6) is 0 Å². The third-order valence-corrected chi connectivity index (χ3v) is 2.84. The zero-order chi connectivity index (χ0) is 11.8. The number of aromatic nitrogens is 2. The van der Waals surface area contributed by atoms with Gasteiger partial charge in [-0.3, -0.25) is 4.68 Å². The Balaban J connectivity index is 2.21. The second kappa shape index (κ2) is 7.31. The van der Waals surface area contributed by atoms with Crippen molar-refractivity contribution in [3.05, 3.63) is 11.9 Å². The van der Waals surface area contributed by atoms with E-state index < -0.39 is 0 Å². The van der Waals surface area contributed by atoms with Gasteiger partial charge in [0.05, 0.1) is 11.4 Å². The van der Waals surface area contributed by atoms with Gasteiger partial charge in [-0.15, -0.1) is 0 Å². The van der Waals surface area contributed by atoms with Crippen LogP contribution in [0, 0.1) is 0 Å². The van der Waals surface area contributed by atoms with Crippen LogP contribution in [0.3, 0.4) is 0 Å². The van der Waals surface area contributed by atoms with Crippen molar-refractivity contribution in [1.29, 1.82) is 0 Å². The Morgan fingerprint density at radius 3 is 2.62 bits per heavy atom. The van der Waals surface area contributed by atoms with Gasteiger partial charge in [0.1, 0.15) is 0 Å². The SMILES string of the molecule is CCCCCCCNc1cn(C)nc1CC. The lowest BCUT2D eigenvalue weighted by Crippen LogP contribution is -2.02. The van der Waals surface area contributed by atoms with Crippen molar-refractivity contribution in [1.82, 2.24) is 9.78 Å². The van der Waals surface area contributed by atoms with Gasteiger partial charge in [0.15, 0.2) is 0 Å². The monoisotopic (exact) mass is 223 g/mol. The van der Waals surface area contributed by atoms with E-state index >= 15 is 0 Å². The molecule has 3 heteroatoms. The van der Waals surface area contributed by atoms with Crippen molar-refractivity contribution >= 4 is 5.69 Å². The molecule has 1 aromatic heterocycles. The highest BCUT2D eigenvalue weighted by Crippen LogP contribution is 2.13. The molecule has 0 saturated carbocycles. The molecule has 92 valence electrons. The van der Waals surface area contributed by atoms with Crippen molar-refractivity contribution in [3.63, 3.8) is 0 Å². The van der Waals surface area contributed by atoms with Crippen molar-refractivity contribution in [2.75, 3.05) is 11.9 Å². The molecule has 16 heavy (non-hydrogen) atoms. The summed E-state index contributed by atoms with van der Waals surface area (Å²) in [6.45, 7) is 5.47. The number of nitrogens with one attached hydrogen (secondary N) is 1. The Morgan fingerprint density at radius 2 is 1.94 bits per heavy atom. The highest BCUT2D eigenvalue weighted by Gasteiger charge is 2.03. The van der Waals surface area contributed by atoms with Crippen LogP contribution in [0.1, 0.15) is 51.6 Å². The number of unbranched alkanes of at least 4 members (excludes halogenated alkanes) is 4. The third-order valence-electron chi connectivity index (χ3n) is 2.84. The van der Waals surface area contributed by atoms with Crippen LogP contribution >= 0.6 is 0 Å². The van der Waals surface area contributed by atoms with Crippen LogP contribution in [-0.4, -0.2) is 16.3 Å². The molecule has 1 heterocycles. The van der Waals surface area contributed by atoms with Gasteiger partial charge < -0.3 is 5.32 Å². The Kier molecular flexibility index (Phi) is 5.98. The van der Waals surface area contributed by atoms with Crippen molar-refractivity contribution in [2.45, 2.75) is 52.4 Å². The molecule has 0 spiro atoms. The number of anilines is 1. The lowest BCUT2D eigenvalue weighted by molar-refractivity contribution is 0.645. The standard InChI is InChI=1S/C13H25N3/c1-4-6-7-8-9-10-14-13-11-16(3)15-12(13)5-2/h11,14H,4-10H2,1-3H3. The van der Waals surface area contributed by atoms with Gasteiger partial charge in [-0.2, -0.15) is 5.10 Å². The van der Waals surface area contributed by atoms with Crippen LogP contribution in [0.25, 0.3) is 0 Å². The molecule has 1 aromatic rings. The molecule has 0 radical (unpaired) electrons. The van der Waals surface area contributed by atoms with Gasteiger partial charge in [0.25, 0.3) is 0 Å². The highest BCUT2D eigenvalue weighted by atomic mass is 15.3. The maximum Gasteiger partial charge on any atom is 0.0853 e. The number of hydrogen-bond acceptors (Lipinski definition) is 2. The molecule has 3 nitrogen and oxygen atoms in total. The zero-order valence-electron chi connectivity index (χ0n) is 10.9. The Labute approximate surface area is 99.2 Å². The summed E-state index contributed by atoms with van der Waals surface area (Å²) in [5, 5.41) is 7.89. The molecule has 0 aromatic carbocycles. The van der Waals surface area contributed by atoms with E-state index in [9.17, 15) is 0 Å². The minimum absolute atomic E-state index is 0.999. The molecule has 1 N–H and O–H groups in total. The van der Waals surface area contributed by atoms with E-state index in [1.165, 1.54) is 43.5 Å². The topological polar surface area (TPSA) is 29.9 Å². The third kappa shape index (κ3) is 4.25. The van der Waals surface area contributed by atoms with E-state index in [1.54, 1.807) is 0 Å². The molecule has 0 aliphatic rings. The fourth-order valence-electron chi connectivity index (χ4n) is 1.89. The summed E-state index contributed by atoms with van der Waals surface area (Å²) < 4.78 is 1.89. The molecular weight excluding hydrogens is 198 g/mol. The van der Waals surface area contributed by atoms with E-state index in [-0.39, 0.29) is 0 Å². The molecule has 0 aliphatic heterocycles. The first-order valence-corrected chi connectivity index (χ1v) is 6.54. The number of aryl methyl sites for hydroxylation is 2. The lowest BCUT2D eigenvalue weighted by Gasteiger charge is -2.04. The molecule has 0 amide bonds. The predicted octanol–water partition coefficient (Wildman–Crippen LogP) is 3.36. The first-order chi connectivity index (χ1) is 7.77. The summed E-state index contributed by atoms with van der Waals surface area (Å²) >= 11 is 0. The van der Waals surface area contributed by atoms with E-state index in [0.717, 1.165) is 13.0 Å². The van der Waals surface area contributed by atoms with Gasteiger partial charge in [-0.05, 0) is 12.8 Å². The van der Waals surface area contributed by atoms with Crippen LogP contribution in [-0.2, 0) is 13.5 Å². The van der Waals surface area contributed by atoms with Crippen LogP contribution < -0.4 is 5.32 Å². The molecular formula is C13H25N3. The Morgan fingerprint density at radius 1 is 1.19 bits per heavy atom. The van der Waals surface area contributed by atoms with E-state index in [0.29, 0.717) is 0 Å². The molecule has 0 fully saturated rings. The summed E-state index contributed by atoms with van der Waals surface area (Å²) in [6.07, 6.45) is 9.72. The second-order valence-corrected chi connectivity index (χ2v) is 4.36. The fourth-order valence-corrected chi connectivity index (χ4v) is 1.89. The number of rotatable bonds is 8. The second-order valence-electron chi connectivity index (χ2n) is 4.36. The Bertz CT molecular complexity index is 291. The smallest absolute Gasteiger partial charge is 0.0853 e. The van der Waals surface area contributed by atoms with E-state index in [2.05, 4.69) is 30.5 Å². The molecule has 1 rings (SSSR count). The molecule has 0 saturated heterocycles. The maximum absolute atomic E-state index is 4.41. The number of hydrogen-bond donors (Lipinski definition) is 1.